The first kappa shape index (κ1) is 14.9. The molecule has 0 bridgehead atoms. The molecule has 17 heavy (non-hydrogen) atoms. The highest BCUT2D eigenvalue weighted by Gasteiger charge is 2.31. The molecule has 0 radical (unpaired) electrons. The number of benzene rings is 1. The Morgan fingerprint density at radius 3 is 2.65 bits per heavy atom. The highest BCUT2D eigenvalue weighted by Crippen LogP contribution is 2.56. The molecule has 0 amide bonds. The number of para-hydroxylation sites is 1. The van der Waals surface area contributed by atoms with Gasteiger partial charge in [-0.15, -0.1) is 0 Å². The maximum Gasteiger partial charge on any atom is 0.260 e. The van der Waals surface area contributed by atoms with Gasteiger partial charge in [-0.3, -0.25) is 4.57 Å². The third kappa shape index (κ3) is 3.94. The van der Waals surface area contributed by atoms with Crippen LogP contribution >= 0.6 is 30.7 Å². The lowest BCUT2D eigenvalue weighted by molar-refractivity contribution is 0.479. The Hall–Kier alpha value is -0.110. The van der Waals surface area contributed by atoms with Gasteiger partial charge in [0, 0.05) is 6.16 Å². The largest absolute Gasteiger partial charge is 0.440 e. The Morgan fingerprint density at radius 1 is 1.47 bits per heavy atom. The first-order valence-electron chi connectivity index (χ1n) is 5.59. The molecular formula is C12H18ClO2PS. The van der Waals surface area contributed by atoms with Gasteiger partial charge in [0.2, 0.25) is 0 Å². The Balaban J connectivity index is 2.95. The van der Waals surface area contributed by atoms with Gasteiger partial charge in [0.05, 0.1) is 10.0 Å². The van der Waals surface area contributed by atoms with Crippen molar-refractivity contribution in [3.63, 3.8) is 0 Å². The summed E-state index contributed by atoms with van der Waals surface area (Å²) >= 11 is 7.59. The fourth-order valence-electron chi connectivity index (χ4n) is 1.46. The lowest BCUT2D eigenvalue weighted by atomic mass is 10.3. The number of rotatable bonds is 6. The van der Waals surface area contributed by atoms with Crippen LogP contribution in [0.25, 0.3) is 0 Å². The highest BCUT2D eigenvalue weighted by atomic mass is 35.5. The monoisotopic (exact) mass is 292 g/mol. The second-order valence-corrected chi connectivity index (χ2v) is 8.60. The Labute approximate surface area is 113 Å². The molecule has 5 heteroatoms. The van der Waals surface area contributed by atoms with E-state index in [2.05, 4.69) is 0 Å². The van der Waals surface area contributed by atoms with Crippen LogP contribution < -0.4 is 4.52 Å². The van der Waals surface area contributed by atoms with Gasteiger partial charge in [-0.25, -0.2) is 0 Å². The maximum atomic E-state index is 12.8. The van der Waals surface area contributed by atoms with Crippen molar-refractivity contribution in [3.8, 4) is 5.75 Å². The Bertz CT molecular complexity index is 411. The van der Waals surface area contributed by atoms with Crippen LogP contribution in [-0.4, -0.2) is 17.4 Å². The predicted molar refractivity (Wildman–Crippen MR) is 77.8 cm³/mol. The Kier molecular flexibility index (Phi) is 5.91. The van der Waals surface area contributed by atoms with E-state index in [-0.39, 0.29) is 4.99 Å². The van der Waals surface area contributed by atoms with E-state index >= 15 is 0 Å². The fraction of sp³-hybridized carbons (Fsp3) is 0.500. The van der Waals surface area contributed by atoms with Crippen LogP contribution in [0.15, 0.2) is 24.3 Å². The molecule has 2 nitrogen and oxygen atoms in total. The van der Waals surface area contributed by atoms with E-state index in [4.69, 9.17) is 16.1 Å². The number of hydrogen-bond acceptors (Lipinski definition) is 3. The van der Waals surface area contributed by atoms with E-state index in [0.717, 1.165) is 6.42 Å². The van der Waals surface area contributed by atoms with E-state index in [1.165, 1.54) is 0 Å². The van der Waals surface area contributed by atoms with Crippen molar-refractivity contribution in [1.29, 1.82) is 0 Å². The summed E-state index contributed by atoms with van der Waals surface area (Å²) in [6, 6.07) is 7.17. The summed E-state index contributed by atoms with van der Waals surface area (Å²) in [7, 11) is -2.68. The van der Waals surface area contributed by atoms with Crippen molar-refractivity contribution in [2.45, 2.75) is 25.3 Å². The van der Waals surface area contributed by atoms with Crippen molar-refractivity contribution in [2.24, 2.45) is 0 Å². The average molecular weight is 293 g/mol. The summed E-state index contributed by atoms with van der Waals surface area (Å²) in [6.45, 7) is 3.95. The molecule has 0 aromatic heterocycles. The van der Waals surface area contributed by atoms with Crippen LogP contribution in [0.5, 0.6) is 5.75 Å². The van der Waals surface area contributed by atoms with Crippen LogP contribution in [0.4, 0.5) is 0 Å². The number of thioether (sulfide) groups is 1. The summed E-state index contributed by atoms with van der Waals surface area (Å²) in [6.07, 6.45) is 3.37. The lowest BCUT2D eigenvalue weighted by Gasteiger charge is -2.24. The smallest absolute Gasteiger partial charge is 0.260 e. The molecule has 0 aliphatic heterocycles. The van der Waals surface area contributed by atoms with Gasteiger partial charge in [0.25, 0.3) is 7.37 Å². The van der Waals surface area contributed by atoms with Gasteiger partial charge in [0.1, 0.15) is 5.75 Å². The number of halogens is 1. The molecule has 96 valence electrons. The normalized spacial score (nSPS) is 16.2. The number of hydrogen-bond donors (Lipinski definition) is 0. The van der Waals surface area contributed by atoms with Crippen molar-refractivity contribution in [3.05, 3.63) is 29.3 Å². The molecule has 2 unspecified atom stereocenters. The molecule has 0 N–H and O–H groups in total. The Morgan fingerprint density at radius 2 is 2.12 bits per heavy atom. The van der Waals surface area contributed by atoms with Crippen molar-refractivity contribution >= 4 is 30.7 Å². The first-order valence-corrected chi connectivity index (χ1v) is 9.13. The molecule has 1 rings (SSSR count). The molecule has 0 saturated heterocycles. The molecule has 0 fully saturated rings. The topological polar surface area (TPSA) is 26.3 Å². The van der Waals surface area contributed by atoms with E-state index < -0.39 is 7.37 Å². The average Bonchev–Trinajstić information content (AvgIpc) is 2.31. The van der Waals surface area contributed by atoms with Crippen LogP contribution in [-0.2, 0) is 4.57 Å². The third-order valence-corrected chi connectivity index (χ3v) is 7.79. The second-order valence-electron chi connectivity index (χ2n) is 3.81. The van der Waals surface area contributed by atoms with E-state index in [1.54, 1.807) is 23.9 Å². The molecule has 1 aromatic rings. The van der Waals surface area contributed by atoms with Gasteiger partial charge >= 0.3 is 0 Å². The van der Waals surface area contributed by atoms with Gasteiger partial charge in [-0.1, -0.05) is 30.7 Å². The van der Waals surface area contributed by atoms with Crippen molar-refractivity contribution < 1.29 is 9.09 Å². The van der Waals surface area contributed by atoms with Gasteiger partial charge < -0.3 is 4.52 Å². The lowest BCUT2D eigenvalue weighted by Crippen LogP contribution is -2.08. The summed E-state index contributed by atoms with van der Waals surface area (Å²) in [5.74, 6) is 0.520. The predicted octanol–water partition coefficient (Wildman–Crippen LogP) is 5.12. The molecule has 0 spiro atoms. The second kappa shape index (κ2) is 6.72. The quantitative estimate of drug-likeness (QED) is 0.681. The van der Waals surface area contributed by atoms with E-state index in [0.29, 0.717) is 16.9 Å². The van der Waals surface area contributed by atoms with Gasteiger partial charge in [-0.2, -0.15) is 11.8 Å². The fourth-order valence-corrected chi connectivity index (χ4v) is 5.14. The minimum Gasteiger partial charge on any atom is -0.440 e. The van der Waals surface area contributed by atoms with E-state index in [9.17, 15) is 4.57 Å². The zero-order valence-corrected chi connectivity index (χ0v) is 12.8. The summed E-state index contributed by atoms with van der Waals surface area (Å²) in [5.41, 5.74) is 0. The minimum atomic E-state index is -2.68. The minimum absolute atomic E-state index is 0.0151. The molecule has 0 aliphatic carbocycles. The van der Waals surface area contributed by atoms with Crippen molar-refractivity contribution in [2.75, 3.05) is 12.4 Å². The van der Waals surface area contributed by atoms with Crippen LogP contribution in [0.1, 0.15) is 20.3 Å². The standard InChI is InChI=1S/C12H18ClO2PS/c1-4-9-16(14,10(2)17-3)15-12-8-6-5-7-11(12)13/h5-8,10H,4,9H2,1-3H3. The summed E-state index contributed by atoms with van der Waals surface area (Å²) in [5, 5.41) is 0.511. The molecule has 0 heterocycles. The zero-order chi connectivity index (χ0) is 12.9. The van der Waals surface area contributed by atoms with Gasteiger partial charge in [-0.05, 0) is 31.7 Å². The summed E-state index contributed by atoms with van der Waals surface area (Å²) < 4.78 is 18.5. The third-order valence-electron chi connectivity index (χ3n) is 2.52. The molecule has 2 atom stereocenters. The maximum absolute atomic E-state index is 12.8. The summed E-state index contributed by atoms with van der Waals surface area (Å²) in [4.78, 5) is -0.0151. The SMILES string of the molecule is CCCP(=O)(Oc1ccccc1Cl)C(C)SC. The first-order chi connectivity index (χ1) is 8.03. The molecule has 1 aromatic carbocycles. The zero-order valence-electron chi connectivity index (χ0n) is 10.4. The van der Waals surface area contributed by atoms with E-state index in [1.807, 2.05) is 32.2 Å². The van der Waals surface area contributed by atoms with Crippen molar-refractivity contribution in [1.82, 2.24) is 0 Å². The van der Waals surface area contributed by atoms with Gasteiger partial charge in [0.15, 0.2) is 0 Å². The molecule has 0 saturated carbocycles. The van der Waals surface area contributed by atoms with Crippen LogP contribution in [0, 0.1) is 0 Å². The highest BCUT2D eigenvalue weighted by molar-refractivity contribution is 8.05. The molecule has 0 aliphatic rings. The van der Waals surface area contributed by atoms with Crippen LogP contribution in [0.2, 0.25) is 5.02 Å². The molecular weight excluding hydrogens is 275 g/mol. The van der Waals surface area contributed by atoms with Crippen LogP contribution in [0.3, 0.4) is 0 Å².